The van der Waals surface area contributed by atoms with Crippen LogP contribution < -0.4 is 10.6 Å². The van der Waals surface area contributed by atoms with E-state index in [9.17, 15) is 9.59 Å². The van der Waals surface area contributed by atoms with Crippen molar-refractivity contribution in [3.05, 3.63) is 18.2 Å². The first-order valence-electron chi connectivity index (χ1n) is 4.81. The Bertz CT molecular complexity index is 350. The fourth-order valence-corrected chi connectivity index (χ4v) is 1.14. The number of rotatable bonds is 5. The molecule has 1 heterocycles. The third-order valence-corrected chi connectivity index (χ3v) is 1.85. The molecule has 1 aromatic heterocycles. The number of aliphatic carboxylic acids is 1. The minimum Gasteiger partial charge on any atom is -0.481 e. The highest BCUT2D eigenvalue weighted by Crippen LogP contribution is 1.91. The Morgan fingerprint density at radius 3 is 2.94 bits per heavy atom. The van der Waals surface area contributed by atoms with Crippen LogP contribution in [0, 0.1) is 0 Å². The maximum Gasteiger partial charge on any atom is 0.315 e. The molecule has 7 nitrogen and oxygen atoms in total. The lowest BCUT2D eigenvalue weighted by atomic mass is 10.2. The lowest BCUT2D eigenvalue weighted by Gasteiger charge is -2.11. The van der Waals surface area contributed by atoms with Crippen LogP contribution in [0.25, 0.3) is 0 Å². The Balaban J connectivity index is 2.23. The van der Waals surface area contributed by atoms with Gasteiger partial charge in [-0.1, -0.05) is 0 Å². The van der Waals surface area contributed by atoms with E-state index >= 15 is 0 Å². The van der Waals surface area contributed by atoms with E-state index in [1.165, 1.54) is 6.33 Å². The third kappa shape index (κ3) is 4.45. The van der Waals surface area contributed by atoms with E-state index in [-0.39, 0.29) is 6.42 Å². The van der Waals surface area contributed by atoms with Crippen LogP contribution >= 0.6 is 0 Å². The van der Waals surface area contributed by atoms with Crippen molar-refractivity contribution in [2.45, 2.75) is 25.9 Å². The van der Waals surface area contributed by atoms with Gasteiger partial charge in [0.05, 0.1) is 25.0 Å². The van der Waals surface area contributed by atoms with Crippen molar-refractivity contribution in [1.29, 1.82) is 0 Å². The van der Waals surface area contributed by atoms with Crippen LogP contribution in [0.15, 0.2) is 12.5 Å². The normalized spacial score (nSPS) is 11.8. The SMILES string of the molecule is CC(CC(=O)O)NC(=O)NCc1cnc[nH]1. The van der Waals surface area contributed by atoms with Crippen LogP contribution in [0.3, 0.4) is 0 Å². The fourth-order valence-electron chi connectivity index (χ4n) is 1.14. The number of amides is 2. The molecular weight excluding hydrogens is 212 g/mol. The second-order valence-electron chi connectivity index (χ2n) is 3.40. The summed E-state index contributed by atoms with van der Waals surface area (Å²) in [6.07, 6.45) is 3.01. The quantitative estimate of drug-likeness (QED) is 0.570. The number of aromatic amines is 1. The molecule has 1 rings (SSSR count). The summed E-state index contributed by atoms with van der Waals surface area (Å²) < 4.78 is 0. The van der Waals surface area contributed by atoms with E-state index in [1.54, 1.807) is 13.1 Å². The maximum absolute atomic E-state index is 11.3. The summed E-state index contributed by atoms with van der Waals surface area (Å²) in [5.74, 6) is -0.943. The van der Waals surface area contributed by atoms with Gasteiger partial charge in [-0.2, -0.15) is 0 Å². The van der Waals surface area contributed by atoms with Crippen molar-refractivity contribution in [2.75, 3.05) is 0 Å². The highest BCUT2D eigenvalue weighted by molar-refractivity contribution is 5.75. The lowest BCUT2D eigenvalue weighted by Crippen LogP contribution is -2.41. The molecule has 0 radical (unpaired) electrons. The number of carboxylic acid groups (broad SMARTS) is 1. The molecule has 1 aromatic rings. The number of nitrogens with one attached hydrogen (secondary N) is 3. The van der Waals surface area contributed by atoms with Crippen molar-refractivity contribution >= 4 is 12.0 Å². The van der Waals surface area contributed by atoms with Crippen LogP contribution in [0.4, 0.5) is 4.79 Å². The first-order chi connectivity index (χ1) is 7.58. The Hall–Kier alpha value is -2.05. The van der Waals surface area contributed by atoms with Gasteiger partial charge in [0.15, 0.2) is 0 Å². The molecule has 0 fully saturated rings. The molecule has 0 saturated heterocycles. The van der Waals surface area contributed by atoms with Gasteiger partial charge in [-0.3, -0.25) is 4.79 Å². The van der Waals surface area contributed by atoms with Gasteiger partial charge in [-0.25, -0.2) is 9.78 Å². The molecule has 0 saturated carbocycles. The van der Waals surface area contributed by atoms with Gasteiger partial charge < -0.3 is 20.7 Å². The molecule has 0 spiro atoms. The minimum atomic E-state index is -0.943. The molecule has 4 N–H and O–H groups in total. The molecule has 0 aliphatic rings. The van der Waals surface area contributed by atoms with Gasteiger partial charge in [-0.05, 0) is 6.92 Å². The van der Waals surface area contributed by atoms with E-state index in [0.717, 1.165) is 5.69 Å². The lowest BCUT2D eigenvalue weighted by molar-refractivity contribution is -0.137. The van der Waals surface area contributed by atoms with Gasteiger partial charge in [-0.15, -0.1) is 0 Å². The number of imidazole rings is 1. The Kier molecular flexibility index (Phi) is 4.31. The van der Waals surface area contributed by atoms with Gasteiger partial charge in [0.1, 0.15) is 0 Å². The van der Waals surface area contributed by atoms with Gasteiger partial charge in [0, 0.05) is 12.2 Å². The summed E-state index contributed by atoms with van der Waals surface area (Å²) in [4.78, 5) is 28.3. The van der Waals surface area contributed by atoms with Crippen LogP contribution in [0.2, 0.25) is 0 Å². The zero-order valence-electron chi connectivity index (χ0n) is 8.86. The number of aromatic nitrogens is 2. The topological polar surface area (TPSA) is 107 Å². The Morgan fingerprint density at radius 2 is 2.38 bits per heavy atom. The molecule has 16 heavy (non-hydrogen) atoms. The number of nitrogens with zero attached hydrogens (tertiary/aromatic N) is 1. The van der Waals surface area contributed by atoms with Gasteiger partial charge in [0.25, 0.3) is 0 Å². The largest absolute Gasteiger partial charge is 0.481 e. The molecule has 0 aromatic carbocycles. The van der Waals surface area contributed by atoms with Gasteiger partial charge >= 0.3 is 12.0 Å². The maximum atomic E-state index is 11.3. The number of H-pyrrole nitrogens is 1. The zero-order valence-corrected chi connectivity index (χ0v) is 8.86. The molecule has 0 aliphatic heterocycles. The monoisotopic (exact) mass is 226 g/mol. The van der Waals surface area contributed by atoms with E-state index in [1.807, 2.05) is 0 Å². The van der Waals surface area contributed by atoms with Crippen molar-refractivity contribution in [1.82, 2.24) is 20.6 Å². The average molecular weight is 226 g/mol. The zero-order chi connectivity index (χ0) is 12.0. The van der Waals surface area contributed by atoms with E-state index in [2.05, 4.69) is 20.6 Å². The van der Waals surface area contributed by atoms with E-state index in [4.69, 9.17) is 5.11 Å². The molecule has 88 valence electrons. The van der Waals surface area contributed by atoms with Crippen LogP contribution in [-0.4, -0.2) is 33.1 Å². The summed E-state index contributed by atoms with van der Waals surface area (Å²) >= 11 is 0. The highest BCUT2D eigenvalue weighted by Gasteiger charge is 2.10. The molecule has 2 amide bonds. The minimum absolute atomic E-state index is 0.0997. The second kappa shape index (κ2) is 5.74. The molecule has 7 heteroatoms. The number of carbonyl (C=O) groups excluding carboxylic acids is 1. The number of carboxylic acids is 1. The van der Waals surface area contributed by atoms with Crippen molar-refractivity contribution in [3.63, 3.8) is 0 Å². The number of urea groups is 1. The van der Waals surface area contributed by atoms with Crippen LogP contribution in [0.1, 0.15) is 19.0 Å². The molecule has 1 atom stereocenters. The standard InChI is InChI=1S/C9H14N4O3/c1-6(2-8(14)15)13-9(16)11-4-7-3-10-5-12-7/h3,5-6H,2,4H2,1H3,(H,10,12)(H,14,15)(H2,11,13,16). The second-order valence-corrected chi connectivity index (χ2v) is 3.40. The van der Waals surface area contributed by atoms with Crippen molar-refractivity contribution in [3.8, 4) is 0 Å². The molecule has 1 unspecified atom stereocenters. The summed E-state index contributed by atoms with van der Waals surface area (Å²) in [7, 11) is 0. The summed E-state index contributed by atoms with van der Waals surface area (Å²) in [5.41, 5.74) is 0.779. The number of hydrogen-bond donors (Lipinski definition) is 4. The predicted octanol–water partition coefficient (Wildman–Crippen LogP) is 0.0721. The highest BCUT2D eigenvalue weighted by atomic mass is 16.4. The first-order valence-corrected chi connectivity index (χ1v) is 4.81. The van der Waals surface area contributed by atoms with Crippen molar-refractivity contribution in [2.24, 2.45) is 0 Å². The van der Waals surface area contributed by atoms with Crippen LogP contribution in [-0.2, 0) is 11.3 Å². The molecule has 0 aliphatic carbocycles. The van der Waals surface area contributed by atoms with Gasteiger partial charge in [0.2, 0.25) is 0 Å². The number of hydrogen-bond acceptors (Lipinski definition) is 3. The van der Waals surface area contributed by atoms with Crippen LogP contribution in [0.5, 0.6) is 0 Å². The van der Waals surface area contributed by atoms with E-state index < -0.39 is 18.0 Å². The first kappa shape index (κ1) is 12.0. The van der Waals surface area contributed by atoms with E-state index in [0.29, 0.717) is 6.54 Å². The molecular formula is C9H14N4O3. The van der Waals surface area contributed by atoms with Crippen molar-refractivity contribution < 1.29 is 14.7 Å². The Labute approximate surface area is 92.3 Å². The summed E-state index contributed by atoms with van der Waals surface area (Å²) in [5, 5.41) is 13.6. The summed E-state index contributed by atoms with van der Waals surface area (Å²) in [6, 6.07) is -0.803. The molecule has 0 bridgehead atoms. The summed E-state index contributed by atoms with van der Waals surface area (Å²) in [6.45, 7) is 1.95. The Morgan fingerprint density at radius 1 is 1.62 bits per heavy atom. The average Bonchev–Trinajstić information content (AvgIpc) is 2.65. The smallest absolute Gasteiger partial charge is 0.315 e. The predicted molar refractivity (Wildman–Crippen MR) is 55.7 cm³/mol. The fraction of sp³-hybridized carbons (Fsp3) is 0.444. The number of carbonyl (C=O) groups is 2. The third-order valence-electron chi connectivity index (χ3n) is 1.85.